The summed E-state index contributed by atoms with van der Waals surface area (Å²) in [6.45, 7) is 4.51. The average Bonchev–Trinajstić information content (AvgIpc) is 3.18. The number of nitrogens with one attached hydrogen (secondary N) is 2. The van der Waals surface area contributed by atoms with E-state index in [1.807, 2.05) is 24.3 Å². The van der Waals surface area contributed by atoms with E-state index >= 15 is 0 Å². The molecule has 32 heavy (non-hydrogen) atoms. The van der Waals surface area contributed by atoms with E-state index in [4.69, 9.17) is 0 Å². The molecular weight excluding hydrogens is 426 g/mol. The van der Waals surface area contributed by atoms with Crippen LogP contribution in [0.5, 0.6) is 0 Å². The number of anilines is 2. The topological polar surface area (TPSA) is 95.6 Å². The van der Waals surface area contributed by atoms with Crippen molar-refractivity contribution in [2.24, 2.45) is 0 Å². The first-order valence-electron chi connectivity index (χ1n) is 11.1. The van der Waals surface area contributed by atoms with Gasteiger partial charge in [0.05, 0.1) is 4.90 Å². The van der Waals surface area contributed by atoms with Crippen molar-refractivity contribution in [1.29, 1.82) is 0 Å². The number of hydrogen-bond acceptors (Lipinski definition) is 4. The molecule has 1 saturated heterocycles. The van der Waals surface area contributed by atoms with Gasteiger partial charge in [-0.1, -0.05) is 26.0 Å². The van der Waals surface area contributed by atoms with Crippen molar-refractivity contribution in [1.82, 2.24) is 4.31 Å². The van der Waals surface area contributed by atoms with Gasteiger partial charge >= 0.3 is 0 Å². The third kappa shape index (κ3) is 4.56. The van der Waals surface area contributed by atoms with Crippen molar-refractivity contribution in [3.63, 3.8) is 0 Å². The molecule has 0 bridgehead atoms. The molecular formula is C24H29N3O4S. The Morgan fingerprint density at radius 2 is 1.84 bits per heavy atom. The first kappa shape index (κ1) is 22.5. The maximum Gasteiger partial charge on any atom is 0.243 e. The molecule has 1 atom stereocenters. The largest absolute Gasteiger partial charge is 0.326 e. The van der Waals surface area contributed by atoms with Crippen molar-refractivity contribution >= 4 is 33.2 Å². The second kappa shape index (κ2) is 9.03. The van der Waals surface area contributed by atoms with Crippen LogP contribution in [0.15, 0.2) is 47.4 Å². The Balaban J connectivity index is 1.53. The van der Waals surface area contributed by atoms with E-state index < -0.39 is 16.1 Å². The number of nitrogens with zero attached hydrogens (tertiary/aromatic N) is 1. The molecule has 2 heterocycles. The number of sulfonamides is 1. The molecule has 170 valence electrons. The lowest BCUT2D eigenvalue weighted by atomic mass is 10.0. The van der Waals surface area contributed by atoms with Gasteiger partial charge in [-0.15, -0.1) is 0 Å². The number of carbonyl (C=O) groups excluding carboxylic acids is 2. The number of aryl methyl sites for hydroxylation is 1. The van der Waals surface area contributed by atoms with E-state index in [2.05, 4.69) is 24.5 Å². The minimum absolute atomic E-state index is 0.0583. The van der Waals surface area contributed by atoms with Gasteiger partial charge in [-0.2, -0.15) is 4.31 Å². The van der Waals surface area contributed by atoms with Crippen molar-refractivity contribution in [2.45, 2.75) is 62.8 Å². The maximum atomic E-state index is 13.4. The summed E-state index contributed by atoms with van der Waals surface area (Å²) in [6.07, 6.45) is 2.84. The van der Waals surface area contributed by atoms with Crippen LogP contribution in [0, 0.1) is 0 Å². The van der Waals surface area contributed by atoms with Gasteiger partial charge in [0.15, 0.2) is 0 Å². The molecule has 0 saturated carbocycles. The Labute approximate surface area is 189 Å². The summed E-state index contributed by atoms with van der Waals surface area (Å²) < 4.78 is 28.1. The van der Waals surface area contributed by atoms with E-state index in [-0.39, 0.29) is 16.7 Å². The third-order valence-corrected chi connectivity index (χ3v) is 8.06. The minimum atomic E-state index is -3.84. The number of carbonyl (C=O) groups is 2. The third-order valence-electron chi connectivity index (χ3n) is 6.16. The highest BCUT2D eigenvalue weighted by Gasteiger charge is 2.39. The Morgan fingerprint density at radius 3 is 2.56 bits per heavy atom. The highest BCUT2D eigenvalue weighted by Crippen LogP contribution is 2.31. The molecule has 2 amide bonds. The van der Waals surface area contributed by atoms with Gasteiger partial charge in [0.1, 0.15) is 6.04 Å². The van der Waals surface area contributed by atoms with Gasteiger partial charge in [0.25, 0.3) is 0 Å². The zero-order chi connectivity index (χ0) is 22.9. The molecule has 0 aromatic heterocycles. The summed E-state index contributed by atoms with van der Waals surface area (Å²) in [5.41, 5.74) is 3.30. The van der Waals surface area contributed by atoms with Gasteiger partial charge in [0.2, 0.25) is 21.8 Å². The molecule has 2 aliphatic rings. The van der Waals surface area contributed by atoms with Crippen LogP contribution >= 0.6 is 0 Å². The fourth-order valence-electron chi connectivity index (χ4n) is 4.31. The normalized spacial score (nSPS) is 19.3. The predicted molar refractivity (Wildman–Crippen MR) is 124 cm³/mol. The SMILES string of the molecule is CC(C)c1ccc(NC(=O)C2CCCN2S(=O)(=O)c2ccc3c(c2)CCCC(=O)N3)cc1. The molecule has 1 fully saturated rings. The number of benzene rings is 2. The van der Waals surface area contributed by atoms with Crippen LogP contribution in [0.2, 0.25) is 0 Å². The zero-order valence-corrected chi connectivity index (χ0v) is 19.2. The highest BCUT2D eigenvalue weighted by atomic mass is 32.2. The number of amides is 2. The highest BCUT2D eigenvalue weighted by molar-refractivity contribution is 7.89. The van der Waals surface area contributed by atoms with Gasteiger partial charge in [-0.05, 0) is 73.1 Å². The fraction of sp³-hybridized carbons (Fsp3) is 0.417. The Morgan fingerprint density at radius 1 is 1.09 bits per heavy atom. The summed E-state index contributed by atoms with van der Waals surface area (Å²) >= 11 is 0. The van der Waals surface area contributed by atoms with Gasteiger partial charge < -0.3 is 10.6 Å². The lowest BCUT2D eigenvalue weighted by Gasteiger charge is -2.24. The van der Waals surface area contributed by atoms with E-state index in [0.717, 1.165) is 5.56 Å². The monoisotopic (exact) mass is 455 g/mol. The standard InChI is InChI=1S/C24H29N3O4S/c1-16(2)17-8-10-19(11-9-17)25-24(29)22-6-4-14-27(22)32(30,31)20-12-13-21-18(15-20)5-3-7-23(28)26-21/h8-13,15-16,22H,3-7,14H2,1-2H3,(H,25,29)(H,26,28). The molecule has 2 N–H and O–H groups in total. The molecule has 2 aromatic carbocycles. The molecule has 4 rings (SSSR count). The van der Waals surface area contributed by atoms with Crippen molar-refractivity contribution < 1.29 is 18.0 Å². The van der Waals surface area contributed by atoms with Gasteiger partial charge in [-0.3, -0.25) is 9.59 Å². The van der Waals surface area contributed by atoms with Crippen LogP contribution in [-0.4, -0.2) is 37.1 Å². The maximum absolute atomic E-state index is 13.4. The second-order valence-electron chi connectivity index (χ2n) is 8.76. The Kier molecular flexibility index (Phi) is 6.35. The second-order valence-corrected chi connectivity index (χ2v) is 10.7. The summed E-state index contributed by atoms with van der Waals surface area (Å²) in [5, 5.41) is 5.70. The molecule has 2 aromatic rings. The smallest absolute Gasteiger partial charge is 0.243 e. The zero-order valence-electron chi connectivity index (χ0n) is 18.4. The van der Waals surface area contributed by atoms with Crippen LogP contribution < -0.4 is 10.6 Å². The molecule has 0 spiro atoms. The molecule has 0 radical (unpaired) electrons. The van der Waals surface area contributed by atoms with Gasteiger partial charge in [0, 0.05) is 24.3 Å². The number of hydrogen-bond donors (Lipinski definition) is 2. The average molecular weight is 456 g/mol. The molecule has 0 aliphatic carbocycles. The van der Waals surface area contributed by atoms with E-state index in [1.54, 1.807) is 12.1 Å². The van der Waals surface area contributed by atoms with Crippen LogP contribution in [-0.2, 0) is 26.0 Å². The van der Waals surface area contributed by atoms with Crippen molar-refractivity contribution in [3.05, 3.63) is 53.6 Å². The molecule has 2 aliphatic heterocycles. The lowest BCUT2D eigenvalue weighted by Crippen LogP contribution is -2.43. The van der Waals surface area contributed by atoms with Crippen molar-refractivity contribution in [3.8, 4) is 0 Å². The molecule has 7 nitrogen and oxygen atoms in total. The quantitative estimate of drug-likeness (QED) is 0.715. The van der Waals surface area contributed by atoms with E-state index in [9.17, 15) is 18.0 Å². The van der Waals surface area contributed by atoms with Crippen LogP contribution in [0.4, 0.5) is 11.4 Å². The Bertz CT molecular complexity index is 1130. The summed E-state index contributed by atoms with van der Waals surface area (Å²) in [4.78, 5) is 24.9. The minimum Gasteiger partial charge on any atom is -0.326 e. The summed E-state index contributed by atoms with van der Waals surface area (Å²) in [7, 11) is -3.84. The lowest BCUT2D eigenvalue weighted by molar-refractivity contribution is -0.119. The van der Waals surface area contributed by atoms with E-state index in [0.29, 0.717) is 55.9 Å². The van der Waals surface area contributed by atoms with Crippen LogP contribution in [0.1, 0.15) is 56.6 Å². The predicted octanol–water partition coefficient (Wildman–Crippen LogP) is 3.88. The number of fused-ring (bicyclic) bond motifs is 1. The number of rotatable bonds is 5. The van der Waals surface area contributed by atoms with Crippen LogP contribution in [0.3, 0.4) is 0 Å². The van der Waals surface area contributed by atoms with Crippen LogP contribution in [0.25, 0.3) is 0 Å². The van der Waals surface area contributed by atoms with Crippen molar-refractivity contribution in [2.75, 3.05) is 17.2 Å². The summed E-state index contributed by atoms with van der Waals surface area (Å²) in [5.74, 6) is 0.0203. The van der Waals surface area contributed by atoms with E-state index in [1.165, 1.54) is 15.9 Å². The molecule has 8 heteroatoms. The molecule has 1 unspecified atom stereocenters. The Hall–Kier alpha value is -2.71. The summed E-state index contributed by atoms with van der Waals surface area (Å²) in [6, 6.07) is 11.7. The first-order valence-corrected chi connectivity index (χ1v) is 12.5. The van der Waals surface area contributed by atoms with Gasteiger partial charge in [-0.25, -0.2) is 8.42 Å². The fourth-order valence-corrected chi connectivity index (χ4v) is 6.02. The first-order chi connectivity index (χ1) is 15.3.